The first-order valence-corrected chi connectivity index (χ1v) is 8.12. The molecular formula is C18H18ClNO4. The van der Waals surface area contributed by atoms with E-state index >= 15 is 0 Å². The molecule has 2 aromatic rings. The number of carbonyl (C=O) groups is 1. The molecule has 1 aliphatic heterocycles. The average molecular weight is 348 g/mol. The van der Waals surface area contributed by atoms with Crippen LogP contribution in [-0.2, 0) is 11.3 Å². The van der Waals surface area contributed by atoms with E-state index in [1.54, 1.807) is 24.0 Å². The lowest BCUT2D eigenvalue weighted by Gasteiger charge is -2.19. The van der Waals surface area contributed by atoms with Crippen LogP contribution in [0.5, 0.6) is 11.5 Å². The highest BCUT2D eigenvalue weighted by Gasteiger charge is 2.23. The highest BCUT2D eigenvalue weighted by Crippen LogP contribution is 2.38. The Bertz CT molecular complexity index is 763. The molecule has 0 spiro atoms. The number of phenolic OH excluding ortho intramolecular Hbond substituents is 1. The molecule has 3 rings (SSSR count). The van der Waals surface area contributed by atoms with Crippen LogP contribution < -0.4 is 4.74 Å². The number of benzene rings is 2. The normalized spacial score (nSPS) is 13.7. The first-order valence-electron chi connectivity index (χ1n) is 7.75. The monoisotopic (exact) mass is 347 g/mol. The number of phenols is 1. The SMILES string of the molecule is CCOC(=O)N1CCOc2c(O)cc(-c3cccc(Cl)c3)cc2C1. The van der Waals surface area contributed by atoms with Crippen molar-refractivity contribution in [2.24, 2.45) is 0 Å². The van der Waals surface area contributed by atoms with Crippen molar-refractivity contribution in [3.05, 3.63) is 47.0 Å². The average Bonchev–Trinajstić information content (AvgIpc) is 2.78. The summed E-state index contributed by atoms with van der Waals surface area (Å²) >= 11 is 6.05. The molecule has 1 heterocycles. The second-order valence-corrected chi connectivity index (χ2v) is 5.90. The van der Waals surface area contributed by atoms with Gasteiger partial charge in [-0.25, -0.2) is 4.79 Å². The third kappa shape index (κ3) is 3.41. The van der Waals surface area contributed by atoms with E-state index in [2.05, 4.69) is 0 Å². The van der Waals surface area contributed by atoms with Crippen molar-refractivity contribution in [3.63, 3.8) is 0 Å². The molecular weight excluding hydrogens is 330 g/mol. The lowest BCUT2D eigenvalue weighted by molar-refractivity contribution is 0.102. The van der Waals surface area contributed by atoms with Crippen LogP contribution in [0.2, 0.25) is 5.02 Å². The number of hydrogen-bond donors (Lipinski definition) is 1. The van der Waals surface area contributed by atoms with Crippen molar-refractivity contribution in [2.75, 3.05) is 19.8 Å². The van der Waals surface area contributed by atoms with Crippen molar-refractivity contribution >= 4 is 17.7 Å². The van der Waals surface area contributed by atoms with Crippen LogP contribution in [-0.4, -0.2) is 35.9 Å². The molecule has 2 aromatic carbocycles. The largest absolute Gasteiger partial charge is 0.504 e. The Balaban J connectivity index is 1.98. The van der Waals surface area contributed by atoms with Crippen LogP contribution in [0.15, 0.2) is 36.4 Å². The van der Waals surface area contributed by atoms with Crippen LogP contribution in [0.3, 0.4) is 0 Å². The van der Waals surface area contributed by atoms with Gasteiger partial charge in [0.25, 0.3) is 0 Å². The number of amides is 1. The minimum absolute atomic E-state index is 0.0492. The lowest BCUT2D eigenvalue weighted by atomic mass is 10.0. The summed E-state index contributed by atoms with van der Waals surface area (Å²) in [6.07, 6.45) is -0.387. The summed E-state index contributed by atoms with van der Waals surface area (Å²) < 4.78 is 10.7. The number of aromatic hydroxyl groups is 1. The fraction of sp³-hybridized carbons (Fsp3) is 0.278. The van der Waals surface area contributed by atoms with Crippen molar-refractivity contribution in [2.45, 2.75) is 13.5 Å². The molecule has 126 valence electrons. The second kappa shape index (κ2) is 7.01. The molecule has 1 amide bonds. The Morgan fingerprint density at radius 1 is 1.33 bits per heavy atom. The standard InChI is InChI=1S/C18H18ClNO4/c1-2-23-18(22)20-6-7-24-17-14(11-20)8-13(10-16(17)21)12-4-3-5-15(19)9-12/h3-5,8-10,21H,2,6-7,11H2,1H3. The van der Waals surface area contributed by atoms with Crippen molar-refractivity contribution < 1.29 is 19.4 Å². The predicted molar refractivity (Wildman–Crippen MR) is 91.5 cm³/mol. The third-order valence-corrected chi connectivity index (χ3v) is 4.03. The second-order valence-electron chi connectivity index (χ2n) is 5.46. The molecule has 0 saturated heterocycles. The summed E-state index contributed by atoms with van der Waals surface area (Å²) in [6, 6.07) is 10.9. The molecule has 0 atom stereocenters. The van der Waals surface area contributed by atoms with Gasteiger partial charge in [0, 0.05) is 10.6 Å². The zero-order valence-electron chi connectivity index (χ0n) is 13.3. The molecule has 0 fully saturated rings. The van der Waals surface area contributed by atoms with Gasteiger partial charge in [0.2, 0.25) is 0 Å². The van der Waals surface area contributed by atoms with Crippen molar-refractivity contribution in [1.82, 2.24) is 4.90 Å². The van der Waals surface area contributed by atoms with Crippen LogP contribution >= 0.6 is 11.6 Å². The van der Waals surface area contributed by atoms with E-state index < -0.39 is 0 Å². The number of ether oxygens (including phenoxy) is 2. The molecule has 24 heavy (non-hydrogen) atoms. The smallest absolute Gasteiger partial charge is 0.410 e. The molecule has 1 N–H and O–H groups in total. The number of fused-ring (bicyclic) bond motifs is 1. The Morgan fingerprint density at radius 2 is 2.17 bits per heavy atom. The molecule has 0 aromatic heterocycles. The highest BCUT2D eigenvalue weighted by molar-refractivity contribution is 6.30. The van der Waals surface area contributed by atoms with E-state index in [0.29, 0.717) is 37.1 Å². The van der Waals surface area contributed by atoms with Gasteiger partial charge in [-0.05, 0) is 42.3 Å². The molecule has 0 unspecified atom stereocenters. The van der Waals surface area contributed by atoms with Gasteiger partial charge in [-0.1, -0.05) is 23.7 Å². The van der Waals surface area contributed by atoms with E-state index in [1.165, 1.54) is 0 Å². The predicted octanol–water partition coefficient (Wildman–Crippen LogP) is 4.06. The van der Waals surface area contributed by atoms with Gasteiger partial charge < -0.3 is 19.5 Å². The Kier molecular flexibility index (Phi) is 4.81. The minimum atomic E-state index is -0.387. The van der Waals surface area contributed by atoms with Gasteiger partial charge >= 0.3 is 6.09 Å². The van der Waals surface area contributed by atoms with Crippen LogP contribution in [0.25, 0.3) is 11.1 Å². The summed E-state index contributed by atoms with van der Waals surface area (Å²) in [5.41, 5.74) is 2.42. The fourth-order valence-electron chi connectivity index (χ4n) is 2.70. The van der Waals surface area contributed by atoms with Gasteiger partial charge in [-0.3, -0.25) is 0 Å². The zero-order valence-corrected chi connectivity index (χ0v) is 14.0. The van der Waals surface area contributed by atoms with Crippen LogP contribution in [0, 0.1) is 0 Å². The summed E-state index contributed by atoms with van der Waals surface area (Å²) in [6.45, 7) is 3.10. The van der Waals surface area contributed by atoms with E-state index in [-0.39, 0.29) is 11.8 Å². The lowest BCUT2D eigenvalue weighted by Crippen LogP contribution is -2.32. The summed E-state index contributed by atoms with van der Waals surface area (Å²) in [5.74, 6) is 0.459. The van der Waals surface area contributed by atoms with Gasteiger partial charge in [0.05, 0.1) is 19.7 Å². The van der Waals surface area contributed by atoms with Gasteiger partial charge in [0.15, 0.2) is 11.5 Å². The quantitative estimate of drug-likeness (QED) is 0.889. The number of halogens is 1. The van der Waals surface area contributed by atoms with Crippen LogP contribution in [0.4, 0.5) is 4.79 Å². The first-order chi connectivity index (χ1) is 11.6. The van der Waals surface area contributed by atoms with Crippen LogP contribution in [0.1, 0.15) is 12.5 Å². The van der Waals surface area contributed by atoms with Gasteiger partial charge in [-0.2, -0.15) is 0 Å². The summed E-state index contributed by atoms with van der Waals surface area (Å²) in [5, 5.41) is 10.9. The minimum Gasteiger partial charge on any atom is -0.504 e. The molecule has 0 saturated carbocycles. The summed E-state index contributed by atoms with van der Waals surface area (Å²) in [7, 11) is 0. The maximum atomic E-state index is 12.0. The third-order valence-electron chi connectivity index (χ3n) is 3.80. The molecule has 0 bridgehead atoms. The van der Waals surface area contributed by atoms with E-state index in [0.717, 1.165) is 16.7 Å². The Labute approximate surface area is 145 Å². The molecule has 0 aliphatic carbocycles. The van der Waals surface area contributed by atoms with E-state index in [4.69, 9.17) is 21.1 Å². The van der Waals surface area contributed by atoms with Crippen molar-refractivity contribution in [1.29, 1.82) is 0 Å². The highest BCUT2D eigenvalue weighted by atomic mass is 35.5. The summed E-state index contributed by atoms with van der Waals surface area (Å²) in [4.78, 5) is 13.6. The number of hydrogen-bond acceptors (Lipinski definition) is 4. The zero-order chi connectivity index (χ0) is 17.1. The number of carbonyl (C=O) groups excluding carboxylic acids is 1. The Morgan fingerprint density at radius 3 is 2.92 bits per heavy atom. The number of rotatable bonds is 2. The van der Waals surface area contributed by atoms with Crippen molar-refractivity contribution in [3.8, 4) is 22.6 Å². The van der Waals surface area contributed by atoms with Gasteiger partial charge in [-0.15, -0.1) is 0 Å². The maximum absolute atomic E-state index is 12.0. The maximum Gasteiger partial charge on any atom is 0.410 e. The Hall–Kier alpha value is -2.40. The topological polar surface area (TPSA) is 59.0 Å². The fourth-order valence-corrected chi connectivity index (χ4v) is 2.89. The molecule has 5 nitrogen and oxygen atoms in total. The van der Waals surface area contributed by atoms with E-state index in [9.17, 15) is 9.90 Å². The molecule has 1 aliphatic rings. The number of nitrogens with zero attached hydrogens (tertiary/aromatic N) is 1. The molecule has 6 heteroatoms. The first kappa shape index (κ1) is 16.5. The molecule has 0 radical (unpaired) electrons. The van der Waals surface area contributed by atoms with E-state index in [1.807, 2.05) is 24.3 Å². The van der Waals surface area contributed by atoms with Gasteiger partial charge in [0.1, 0.15) is 6.61 Å².